The van der Waals surface area contributed by atoms with Gasteiger partial charge < -0.3 is 19.9 Å². The van der Waals surface area contributed by atoms with Crippen LogP contribution in [0.2, 0.25) is 0 Å². The summed E-state index contributed by atoms with van der Waals surface area (Å²) in [6.45, 7) is 3.92. The number of rotatable bonds is 3. The third-order valence-electron chi connectivity index (χ3n) is 2.57. The minimum Gasteiger partial charge on any atom is -0.485 e. The molecule has 2 rings (SSSR count). The minimum absolute atomic E-state index is 0.0477. The number of nitrogens with one attached hydrogen (secondary N) is 1. The number of benzene rings is 1. The zero-order valence-electron chi connectivity index (χ0n) is 10.5. The van der Waals surface area contributed by atoms with Gasteiger partial charge in [-0.05, 0) is 31.5 Å². The lowest BCUT2D eigenvalue weighted by Gasteiger charge is -2.26. The molecule has 2 N–H and O–H groups in total. The van der Waals surface area contributed by atoms with Gasteiger partial charge in [0.1, 0.15) is 6.61 Å². The Hall–Kier alpha value is -1.75. The second-order valence-electron chi connectivity index (χ2n) is 4.52. The topological polar surface area (TPSA) is 67.8 Å². The summed E-state index contributed by atoms with van der Waals surface area (Å²) in [5.41, 5.74) is 0.752. The van der Waals surface area contributed by atoms with E-state index in [1.165, 1.54) is 0 Å². The number of carbonyl (C=O) groups excluding carboxylic acids is 1. The summed E-state index contributed by atoms with van der Waals surface area (Å²) in [4.78, 5) is 11.8. The van der Waals surface area contributed by atoms with Crippen LogP contribution in [0.3, 0.4) is 0 Å². The molecule has 0 fully saturated rings. The Kier molecular flexibility index (Phi) is 3.72. The fraction of sp³-hybridized carbons (Fsp3) is 0.462. The van der Waals surface area contributed by atoms with E-state index in [9.17, 15) is 4.79 Å². The maximum atomic E-state index is 11.8. The molecule has 0 radical (unpaired) electrons. The molecule has 1 unspecified atom stereocenters. The molecule has 0 aliphatic carbocycles. The first-order valence-electron chi connectivity index (χ1n) is 5.93. The third kappa shape index (κ3) is 2.73. The van der Waals surface area contributed by atoms with Crippen LogP contribution in [0.5, 0.6) is 11.5 Å². The molecule has 0 saturated carbocycles. The van der Waals surface area contributed by atoms with E-state index in [2.05, 4.69) is 5.32 Å². The highest BCUT2D eigenvalue weighted by molar-refractivity contribution is 5.82. The van der Waals surface area contributed by atoms with Crippen molar-refractivity contribution in [3.8, 4) is 11.5 Å². The standard InChI is InChI=1S/C13H17NO4/c1-8(2)14-13(16)12-7-17-11-5-9(6-15)3-4-10(11)18-12/h3-5,8,12,15H,6-7H2,1-2H3,(H,14,16). The van der Waals surface area contributed by atoms with Crippen LogP contribution in [0, 0.1) is 0 Å². The lowest BCUT2D eigenvalue weighted by molar-refractivity contribution is -0.130. The summed E-state index contributed by atoms with van der Waals surface area (Å²) >= 11 is 0. The van der Waals surface area contributed by atoms with Crippen molar-refractivity contribution < 1.29 is 19.4 Å². The van der Waals surface area contributed by atoms with E-state index >= 15 is 0 Å². The highest BCUT2D eigenvalue weighted by Crippen LogP contribution is 2.32. The zero-order chi connectivity index (χ0) is 13.1. The van der Waals surface area contributed by atoms with E-state index in [0.717, 1.165) is 5.56 Å². The summed E-state index contributed by atoms with van der Waals surface area (Å²) in [7, 11) is 0. The Morgan fingerprint density at radius 2 is 2.28 bits per heavy atom. The number of fused-ring (bicyclic) bond motifs is 1. The summed E-state index contributed by atoms with van der Waals surface area (Å²) in [5.74, 6) is 0.916. The average molecular weight is 251 g/mol. The first-order valence-corrected chi connectivity index (χ1v) is 5.93. The molecule has 0 bridgehead atoms. The molecule has 1 atom stereocenters. The van der Waals surface area contributed by atoms with Crippen molar-refractivity contribution >= 4 is 5.91 Å². The van der Waals surface area contributed by atoms with E-state index in [1.807, 2.05) is 13.8 Å². The molecule has 0 aromatic heterocycles. The van der Waals surface area contributed by atoms with Crippen molar-refractivity contribution in [2.75, 3.05) is 6.61 Å². The smallest absolute Gasteiger partial charge is 0.264 e. The molecule has 1 aliphatic rings. The van der Waals surface area contributed by atoms with Gasteiger partial charge in [-0.3, -0.25) is 4.79 Å². The van der Waals surface area contributed by atoms with Crippen molar-refractivity contribution in [1.82, 2.24) is 5.32 Å². The number of aliphatic hydroxyl groups is 1. The maximum Gasteiger partial charge on any atom is 0.264 e. The molecule has 1 amide bonds. The lowest BCUT2D eigenvalue weighted by Crippen LogP contribution is -2.46. The maximum absolute atomic E-state index is 11.8. The Labute approximate surface area is 106 Å². The fourth-order valence-electron chi connectivity index (χ4n) is 1.72. The number of aliphatic hydroxyl groups excluding tert-OH is 1. The second kappa shape index (κ2) is 5.27. The Morgan fingerprint density at radius 1 is 1.50 bits per heavy atom. The highest BCUT2D eigenvalue weighted by Gasteiger charge is 2.27. The van der Waals surface area contributed by atoms with Gasteiger partial charge in [0.15, 0.2) is 11.5 Å². The molecule has 5 nitrogen and oxygen atoms in total. The SMILES string of the molecule is CC(C)NC(=O)C1COc2cc(CO)ccc2O1. The molecular formula is C13H17NO4. The molecule has 1 aromatic carbocycles. The van der Waals surface area contributed by atoms with Gasteiger partial charge in [0.2, 0.25) is 6.10 Å². The van der Waals surface area contributed by atoms with Gasteiger partial charge in [-0.1, -0.05) is 6.07 Å². The number of hydrogen-bond acceptors (Lipinski definition) is 4. The van der Waals surface area contributed by atoms with E-state index in [4.69, 9.17) is 14.6 Å². The van der Waals surface area contributed by atoms with E-state index in [-0.39, 0.29) is 25.2 Å². The Bertz CT molecular complexity index is 445. The monoisotopic (exact) mass is 251 g/mol. The number of ether oxygens (including phenoxy) is 2. The first-order chi connectivity index (χ1) is 8.60. The summed E-state index contributed by atoms with van der Waals surface area (Å²) in [5, 5.41) is 11.8. The van der Waals surface area contributed by atoms with E-state index in [1.54, 1.807) is 18.2 Å². The van der Waals surface area contributed by atoms with Crippen LogP contribution >= 0.6 is 0 Å². The molecule has 0 saturated heterocycles. The van der Waals surface area contributed by atoms with Crippen LogP contribution in [0.15, 0.2) is 18.2 Å². The summed E-state index contributed by atoms with van der Waals surface area (Å²) < 4.78 is 11.1. The van der Waals surface area contributed by atoms with Gasteiger partial charge in [-0.25, -0.2) is 0 Å². The predicted octanol–water partition coefficient (Wildman–Crippen LogP) is 0.843. The van der Waals surface area contributed by atoms with Gasteiger partial charge in [-0.2, -0.15) is 0 Å². The number of hydrogen-bond donors (Lipinski definition) is 2. The van der Waals surface area contributed by atoms with Gasteiger partial charge in [0, 0.05) is 6.04 Å². The molecular weight excluding hydrogens is 234 g/mol. The predicted molar refractivity (Wildman–Crippen MR) is 65.6 cm³/mol. The molecule has 5 heteroatoms. The summed E-state index contributed by atoms with van der Waals surface area (Å²) in [6, 6.07) is 5.23. The van der Waals surface area contributed by atoms with Gasteiger partial charge in [0.25, 0.3) is 5.91 Å². The van der Waals surface area contributed by atoms with Crippen LogP contribution in [0.4, 0.5) is 0 Å². The highest BCUT2D eigenvalue weighted by atomic mass is 16.6. The number of carbonyl (C=O) groups is 1. The van der Waals surface area contributed by atoms with Crippen LogP contribution in [-0.4, -0.2) is 29.8 Å². The van der Waals surface area contributed by atoms with Crippen molar-refractivity contribution in [1.29, 1.82) is 0 Å². The zero-order valence-corrected chi connectivity index (χ0v) is 10.5. The molecule has 1 aliphatic heterocycles. The average Bonchev–Trinajstić information content (AvgIpc) is 2.36. The molecule has 18 heavy (non-hydrogen) atoms. The molecule has 1 aromatic rings. The fourth-order valence-corrected chi connectivity index (χ4v) is 1.72. The van der Waals surface area contributed by atoms with Gasteiger partial charge >= 0.3 is 0 Å². The quantitative estimate of drug-likeness (QED) is 0.835. The molecule has 0 spiro atoms. The normalized spacial score (nSPS) is 17.7. The largest absolute Gasteiger partial charge is 0.485 e. The van der Waals surface area contributed by atoms with Gasteiger partial charge in [0.05, 0.1) is 6.61 Å². The van der Waals surface area contributed by atoms with Crippen molar-refractivity contribution in [2.45, 2.75) is 32.6 Å². The first kappa shape index (κ1) is 12.7. The molecule has 1 heterocycles. The van der Waals surface area contributed by atoms with Crippen molar-refractivity contribution in [3.63, 3.8) is 0 Å². The number of amides is 1. The Balaban J connectivity index is 2.08. The summed E-state index contributed by atoms with van der Waals surface area (Å²) in [6.07, 6.45) is -0.625. The van der Waals surface area contributed by atoms with Crippen molar-refractivity contribution in [3.05, 3.63) is 23.8 Å². The van der Waals surface area contributed by atoms with Gasteiger partial charge in [-0.15, -0.1) is 0 Å². The third-order valence-corrected chi connectivity index (χ3v) is 2.57. The van der Waals surface area contributed by atoms with Crippen LogP contribution < -0.4 is 14.8 Å². The lowest BCUT2D eigenvalue weighted by atomic mass is 10.2. The van der Waals surface area contributed by atoms with Crippen LogP contribution in [0.1, 0.15) is 19.4 Å². The molecule has 98 valence electrons. The second-order valence-corrected chi connectivity index (χ2v) is 4.52. The van der Waals surface area contributed by atoms with Crippen LogP contribution in [-0.2, 0) is 11.4 Å². The van der Waals surface area contributed by atoms with Crippen molar-refractivity contribution in [2.24, 2.45) is 0 Å². The van der Waals surface area contributed by atoms with E-state index in [0.29, 0.717) is 11.5 Å². The van der Waals surface area contributed by atoms with E-state index < -0.39 is 6.10 Å². The Morgan fingerprint density at radius 3 is 2.94 bits per heavy atom. The van der Waals surface area contributed by atoms with Crippen LogP contribution in [0.25, 0.3) is 0 Å². The minimum atomic E-state index is -0.625.